The molecule has 2 aliphatic rings. The van der Waals surface area contributed by atoms with E-state index in [4.69, 9.17) is 5.26 Å². The van der Waals surface area contributed by atoms with Crippen molar-refractivity contribution in [1.82, 2.24) is 15.1 Å². The van der Waals surface area contributed by atoms with Gasteiger partial charge in [0, 0.05) is 32.6 Å². The van der Waals surface area contributed by atoms with Gasteiger partial charge in [0.2, 0.25) is 5.91 Å². The SMILES string of the molecule is N#Cc1ccc(N2CCN(C(=O)Cc3ccc(C4CC4(F)F)c(F)c3)CC2)nn1. The summed E-state index contributed by atoms with van der Waals surface area (Å²) >= 11 is 0. The molecule has 2 aromatic rings. The number of anilines is 1. The molecule has 0 spiro atoms. The highest BCUT2D eigenvalue weighted by Crippen LogP contribution is 2.56. The van der Waals surface area contributed by atoms with E-state index in [1.807, 2.05) is 11.0 Å². The molecule has 0 bridgehead atoms. The Hall–Kier alpha value is -3.15. The second-order valence-electron chi connectivity index (χ2n) is 7.31. The van der Waals surface area contributed by atoms with E-state index in [1.165, 1.54) is 12.1 Å². The van der Waals surface area contributed by atoms with Gasteiger partial charge in [-0.15, -0.1) is 10.2 Å². The van der Waals surface area contributed by atoms with Crippen molar-refractivity contribution in [3.63, 3.8) is 0 Å². The van der Waals surface area contributed by atoms with Crippen LogP contribution in [0.15, 0.2) is 30.3 Å². The molecule has 1 atom stereocenters. The Morgan fingerprint density at radius 1 is 1.17 bits per heavy atom. The van der Waals surface area contributed by atoms with Crippen LogP contribution in [0.1, 0.15) is 29.2 Å². The molecular formula is C20H18F3N5O. The van der Waals surface area contributed by atoms with Gasteiger partial charge in [0.15, 0.2) is 11.5 Å². The highest BCUT2D eigenvalue weighted by molar-refractivity contribution is 5.79. The summed E-state index contributed by atoms with van der Waals surface area (Å²) in [5, 5.41) is 16.6. The molecule has 1 saturated heterocycles. The number of amides is 1. The molecule has 1 aromatic carbocycles. The van der Waals surface area contributed by atoms with Crippen molar-refractivity contribution in [3.05, 3.63) is 53.0 Å². The lowest BCUT2D eigenvalue weighted by Crippen LogP contribution is -2.49. The molecule has 150 valence electrons. The quantitative estimate of drug-likeness (QED) is 0.787. The number of aromatic nitrogens is 2. The van der Waals surface area contributed by atoms with Crippen molar-refractivity contribution in [2.75, 3.05) is 31.1 Å². The summed E-state index contributed by atoms with van der Waals surface area (Å²) in [5.74, 6) is -4.05. The van der Waals surface area contributed by atoms with Crippen LogP contribution in [0.5, 0.6) is 0 Å². The first-order valence-corrected chi connectivity index (χ1v) is 9.30. The molecule has 1 amide bonds. The fourth-order valence-electron chi connectivity index (χ4n) is 3.54. The minimum atomic E-state index is -2.82. The number of nitrogens with zero attached hydrogens (tertiary/aromatic N) is 5. The van der Waals surface area contributed by atoms with Crippen molar-refractivity contribution in [2.24, 2.45) is 0 Å². The Bertz CT molecular complexity index is 965. The molecular weight excluding hydrogens is 383 g/mol. The van der Waals surface area contributed by atoms with E-state index in [0.29, 0.717) is 37.6 Å². The average Bonchev–Trinajstić information content (AvgIpc) is 3.36. The minimum absolute atomic E-state index is 0.0170. The number of hydrogen-bond donors (Lipinski definition) is 0. The molecule has 2 heterocycles. The smallest absolute Gasteiger partial charge is 0.256 e. The van der Waals surface area contributed by atoms with E-state index < -0.39 is 17.7 Å². The average molecular weight is 401 g/mol. The largest absolute Gasteiger partial charge is 0.352 e. The van der Waals surface area contributed by atoms with Crippen LogP contribution in [0.25, 0.3) is 0 Å². The van der Waals surface area contributed by atoms with Crippen LogP contribution in [0.4, 0.5) is 19.0 Å². The zero-order valence-electron chi connectivity index (χ0n) is 15.5. The number of nitriles is 1. The normalized spacial score (nSPS) is 20.3. The van der Waals surface area contributed by atoms with E-state index >= 15 is 0 Å². The first kappa shape index (κ1) is 19.2. The van der Waals surface area contributed by atoms with Gasteiger partial charge in [0.25, 0.3) is 5.92 Å². The van der Waals surface area contributed by atoms with Gasteiger partial charge in [-0.05, 0) is 29.3 Å². The standard InChI is InChI=1S/C20H18F3N5O/c21-17-9-13(1-3-15(17)16-11-20(16,22)23)10-19(29)28-7-5-27(6-8-28)18-4-2-14(12-24)25-26-18/h1-4,9,16H,5-8,10-11H2. The summed E-state index contributed by atoms with van der Waals surface area (Å²) in [7, 11) is 0. The number of piperazine rings is 1. The van der Waals surface area contributed by atoms with Crippen LogP contribution in [-0.4, -0.2) is 53.1 Å². The summed E-state index contributed by atoms with van der Waals surface area (Å²) < 4.78 is 40.5. The molecule has 1 aliphatic heterocycles. The molecule has 29 heavy (non-hydrogen) atoms. The highest BCUT2D eigenvalue weighted by atomic mass is 19.3. The summed E-state index contributed by atoms with van der Waals surface area (Å²) in [5.41, 5.74) is 0.732. The fourth-order valence-corrected chi connectivity index (χ4v) is 3.54. The molecule has 0 radical (unpaired) electrons. The Kier molecular flexibility index (Phi) is 4.86. The van der Waals surface area contributed by atoms with E-state index in [-0.39, 0.29) is 30.0 Å². The van der Waals surface area contributed by atoms with Gasteiger partial charge in [-0.2, -0.15) is 5.26 Å². The maximum Gasteiger partial charge on any atom is 0.256 e. The predicted octanol–water partition coefficient (Wildman–Crippen LogP) is 2.50. The number of hydrogen-bond acceptors (Lipinski definition) is 5. The van der Waals surface area contributed by atoms with Gasteiger partial charge < -0.3 is 9.80 Å². The van der Waals surface area contributed by atoms with Crippen molar-refractivity contribution in [3.8, 4) is 6.07 Å². The lowest BCUT2D eigenvalue weighted by Gasteiger charge is -2.35. The van der Waals surface area contributed by atoms with E-state index in [9.17, 15) is 18.0 Å². The molecule has 6 nitrogen and oxygen atoms in total. The van der Waals surface area contributed by atoms with Crippen molar-refractivity contribution < 1.29 is 18.0 Å². The zero-order valence-corrected chi connectivity index (χ0v) is 15.5. The van der Waals surface area contributed by atoms with Crippen molar-refractivity contribution in [1.29, 1.82) is 5.26 Å². The molecule has 1 aromatic heterocycles. The first-order valence-electron chi connectivity index (χ1n) is 9.30. The Balaban J connectivity index is 1.33. The van der Waals surface area contributed by atoms with E-state index in [0.717, 1.165) is 0 Å². The van der Waals surface area contributed by atoms with Crippen LogP contribution in [0.2, 0.25) is 0 Å². The fraction of sp³-hybridized carbons (Fsp3) is 0.400. The number of carbonyl (C=O) groups excluding carboxylic acids is 1. The van der Waals surface area contributed by atoms with Gasteiger partial charge >= 0.3 is 0 Å². The molecule has 0 N–H and O–H groups in total. The summed E-state index contributed by atoms with van der Waals surface area (Å²) in [6.45, 7) is 2.09. The van der Waals surface area contributed by atoms with Crippen LogP contribution in [0.3, 0.4) is 0 Å². The molecule has 4 rings (SSSR count). The Morgan fingerprint density at radius 3 is 2.45 bits per heavy atom. The molecule has 1 aliphatic carbocycles. The summed E-state index contributed by atoms with van der Waals surface area (Å²) in [6.07, 6.45) is -0.301. The van der Waals surface area contributed by atoms with Crippen LogP contribution < -0.4 is 4.90 Å². The van der Waals surface area contributed by atoms with Gasteiger partial charge in [0.1, 0.15) is 11.9 Å². The van der Waals surface area contributed by atoms with E-state index in [2.05, 4.69) is 10.2 Å². The summed E-state index contributed by atoms with van der Waals surface area (Å²) in [4.78, 5) is 16.2. The zero-order chi connectivity index (χ0) is 20.6. The Morgan fingerprint density at radius 2 is 1.90 bits per heavy atom. The number of carbonyl (C=O) groups is 1. The third kappa shape index (κ3) is 4.01. The monoisotopic (exact) mass is 401 g/mol. The minimum Gasteiger partial charge on any atom is -0.352 e. The topological polar surface area (TPSA) is 73.1 Å². The van der Waals surface area contributed by atoms with Gasteiger partial charge in [-0.3, -0.25) is 4.79 Å². The highest BCUT2D eigenvalue weighted by Gasteiger charge is 2.58. The Labute approximate surface area is 165 Å². The first-order chi connectivity index (χ1) is 13.9. The second kappa shape index (κ2) is 7.35. The molecule has 1 saturated carbocycles. The number of rotatable bonds is 4. The lowest BCUT2D eigenvalue weighted by molar-refractivity contribution is -0.130. The van der Waals surface area contributed by atoms with Gasteiger partial charge in [0.05, 0.1) is 12.3 Å². The maximum atomic E-state index is 14.2. The van der Waals surface area contributed by atoms with Crippen LogP contribution in [0, 0.1) is 17.1 Å². The third-order valence-electron chi connectivity index (χ3n) is 5.34. The predicted molar refractivity (Wildman–Crippen MR) is 97.9 cm³/mol. The molecule has 1 unspecified atom stereocenters. The lowest BCUT2D eigenvalue weighted by atomic mass is 10.0. The van der Waals surface area contributed by atoms with Gasteiger partial charge in [-0.1, -0.05) is 12.1 Å². The van der Waals surface area contributed by atoms with Crippen molar-refractivity contribution >= 4 is 11.7 Å². The maximum absolute atomic E-state index is 14.2. The van der Waals surface area contributed by atoms with Crippen LogP contribution >= 0.6 is 0 Å². The number of halogens is 3. The number of benzene rings is 1. The summed E-state index contributed by atoms with van der Waals surface area (Å²) in [6, 6.07) is 9.33. The number of alkyl halides is 2. The molecule has 9 heteroatoms. The third-order valence-corrected chi connectivity index (χ3v) is 5.34. The van der Waals surface area contributed by atoms with Gasteiger partial charge in [-0.25, -0.2) is 13.2 Å². The van der Waals surface area contributed by atoms with E-state index in [1.54, 1.807) is 23.1 Å². The van der Waals surface area contributed by atoms with Crippen molar-refractivity contribution in [2.45, 2.75) is 24.7 Å². The van der Waals surface area contributed by atoms with Crippen LogP contribution in [-0.2, 0) is 11.2 Å². The second-order valence-corrected chi connectivity index (χ2v) is 7.31. The molecule has 2 fully saturated rings.